The number of hydrogen-bond donors (Lipinski definition) is 4. The molecule has 0 heterocycles. The Bertz CT molecular complexity index is 1190. The monoisotopic (exact) mass is 398 g/mol. The Morgan fingerprint density at radius 2 is 0.933 bits per heavy atom. The maximum absolute atomic E-state index is 9.56. The third kappa shape index (κ3) is 4.17. The summed E-state index contributed by atoms with van der Waals surface area (Å²) in [5.41, 5.74) is 13.9. The summed E-state index contributed by atoms with van der Waals surface area (Å²) in [4.78, 5) is 8.80. The van der Waals surface area contributed by atoms with Crippen LogP contribution in [0.4, 0.5) is 0 Å². The second-order valence-corrected chi connectivity index (χ2v) is 7.03. The highest BCUT2D eigenvalue weighted by Gasteiger charge is 2.03. The van der Waals surface area contributed by atoms with Crippen LogP contribution >= 0.6 is 0 Å². The summed E-state index contributed by atoms with van der Waals surface area (Å²) in [5, 5.41) is 23.0. The zero-order valence-corrected chi connectivity index (χ0v) is 16.3. The molecule has 0 amide bonds. The highest BCUT2D eigenvalue weighted by molar-refractivity contribution is 6.02. The summed E-state index contributed by atoms with van der Waals surface area (Å²) < 4.78 is 0. The Morgan fingerprint density at radius 1 is 0.567 bits per heavy atom. The van der Waals surface area contributed by atoms with Crippen molar-refractivity contribution in [2.45, 2.75) is 0 Å². The molecular weight excluding hydrogens is 376 g/mol. The molecule has 0 aliphatic carbocycles. The average Bonchev–Trinajstić information content (AvgIpc) is 2.75. The minimum Gasteiger partial charge on any atom is -0.508 e. The Morgan fingerprint density at radius 3 is 1.37 bits per heavy atom. The first kappa shape index (κ1) is 19.3. The molecule has 0 aliphatic rings. The molecule has 0 radical (unpaired) electrons. The second-order valence-electron chi connectivity index (χ2n) is 7.03. The summed E-state index contributed by atoms with van der Waals surface area (Å²) in [5.74, 6) is 1.34. The van der Waals surface area contributed by atoms with Gasteiger partial charge in [-0.15, -0.1) is 0 Å². The number of hydrogen-bond acceptors (Lipinski definition) is 4. The van der Waals surface area contributed by atoms with Crippen molar-refractivity contribution >= 4 is 33.2 Å². The molecular formula is C24H22N4O2. The van der Waals surface area contributed by atoms with Crippen LogP contribution in [0.15, 0.2) is 82.8 Å². The number of phenolic OH excluding ortho intramolecular Hbond substituents is 2. The molecule has 0 aliphatic heterocycles. The predicted molar refractivity (Wildman–Crippen MR) is 122 cm³/mol. The zero-order valence-electron chi connectivity index (χ0n) is 16.3. The first-order chi connectivity index (χ1) is 14.5. The van der Waals surface area contributed by atoms with E-state index in [9.17, 15) is 10.2 Å². The smallest absolute Gasteiger partial charge is 0.125 e. The molecule has 150 valence electrons. The lowest BCUT2D eigenvalue weighted by atomic mass is 10.1. The van der Waals surface area contributed by atoms with Crippen LogP contribution in [0, 0.1) is 0 Å². The van der Waals surface area contributed by atoms with Gasteiger partial charge < -0.3 is 21.7 Å². The fourth-order valence-electron chi connectivity index (χ4n) is 3.31. The van der Waals surface area contributed by atoms with Crippen LogP contribution < -0.4 is 11.5 Å². The largest absolute Gasteiger partial charge is 0.508 e. The SMILES string of the molecule is NC(=NCCN=C(N)c1ccc2cc(O)ccc2c1)c1ccc2cc(O)ccc2c1. The van der Waals surface area contributed by atoms with Crippen molar-refractivity contribution in [3.05, 3.63) is 83.9 Å². The predicted octanol–water partition coefficient (Wildman–Crippen LogP) is 3.52. The van der Waals surface area contributed by atoms with Crippen molar-refractivity contribution in [3.63, 3.8) is 0 Å². The summed E-state index contributed by atoms with van der Waals surface area (Å²) in [7, 11) is 0. The highest BCUT2D eigenvalue weighted by atomic mass is 16.3. The summed E-state index contributed by atoms with van der Waals surface area (Å²) in [6.45, 7) is 0.837. The van der Waals surface area contributed by atoms with Crippen LogP contribution in [0.2, 0.25) is 0 Å². The van der Waals surface area contributed by atoms with Crippen molar-refractivity contribution < 1.29 is 10.2 Å². The minimum atomic E-state index is 0.233. The number of fused-ring (bicyclic) bond motifs is 2. The van der Waals surface area contributed by atoms with E-state index in [1.54, 1.807) is 24.3 Å². The van der Waals surface area contributed by atoms with Crippen molar-refractivity contribution in [3.8, 4) is 11.5 Å². The molecule has 0 atom stereocenters. The normalized spacial score (nSPS) is 12.5. The van der Waals surface area contributed by atoms with Crippen molar-refractivity contribution in [2.24, 2.45) is 21.5 Å². The Hall–Kier alpha value is -4.06. The maximum atomic E-state index is 9.56. The molecule has 0 saturated carbocycles. The fraction of sp³-hybridized carbons (Fsp3) is 0.0833. The van der Waals surface area contributed by atoms with Gasteiger partial charge >= 0.3 is 0 Å². The molecule has 4 aromatic carbocycles. The number of rotatable bonds is 5. The average molecular weight is 398 g/mol. The highest BCUT2D eigenvalue weighted by Crippen LogP contribution is 2.22. The third-order valence-corrected chi connectivity index (χ3v) is 4.90. The zero-order chi connectivity index (χ0) is 21.1. The third-order valence-electron chi connectivity index (χ3n) is 4.90. The summed E-state index contributed by atoms with van der Waals surface area (Å²) in [6, 6.07) is 21.9. The van der Waals surface area contributed by atoms with Gasteiger partial charge in [0.25, 0.3) is 0 Å². The molecule has 0 saturated heterocycles. The number of nitrogens with two attached hydrogens (primary N) is 2. The lowest BCUT2D eigenvalue weighted by Crippen LogP contribution is -2.16. The van der Waals surface area contributed by atoms with Crippen LogP contribution in [0.5, 0.6) is 11.5 Å². The van der Waals surface area contributed by atoms with Crippen LogP contribution in [-0.2, 0) is 0 Å². The number of phenols is 2. The van der Waals surface area contributed by atoms with E-state index in [0.29, 0.717) is 24.8 Å². The molecule has 0 spiro atoms. The van der Waals surface area contributed by atoms with Gasteiger partial charge in [0.1, 0.15) is 23.2 Å². The van der Waals surface area contributed by atoms with E-state index in [4.69, 9.17) is 11.5 Å². The lowest BCUT2D eigenvalue weighted by molar-refractivity contribution is 0.475. The van der Waals surface area contributed by atoms with Crippen molar-refractivity contribution in [1.29, 1.82) is 0 Å². The standard InChI is InChI=1S/C24H22N4O2/c25-23(19-3-1-17-13-21(29)7-5-15(17)11-19)27-9-10-28-24(26)20-4-2-18-14-22(30)8-6-16(18)12-20/h1-8,11-14,29-30H,9-10H2,(H2,25,27)(H2,26,28). The fourth-order valence-corrected chi connectivity index (χ4v) is 3.31. The molecule has 4 rings (SSSR count). The van der Waals surface area contributed by atoms with E-state index in [-0.39, 0.29) is 11.5 Å². The van der Waals surface area contributed by atoms with Gasteiger partial charge in [-0.3, -0.25) is 9.98 Å². The molecule has 6 heteroatoms. The Kier molecular flexibility index (Phi) is 5.22. The molecule has 0 aromatic heterocycles. The van der Waals surface area contributed by atoms with E-state index >= 15 is 0 Å². The quantitative estimate of drug-likeness (QED) is 0.234. The summed E-state index contributed by atoms with van der Waals surface area (Å²) >= 11 is 0. The molecule has 0 bridgehead atoms. The van der Waals surface area contributed by atoms with Crippen molar-refractivity contribution in [1.82, 2.24) is 0 Å². The first-order valence-electron chi connectivity index (χ1n) is 9.56. The van der Waals surface area contributed by atoms with Crippen LogP contribution in [0.1, 0.15) is 11.1 Å². The molecule has 4 aromatic rings. The van der Waals surface area contributed by atoms with E-state index in [2.05, 4.69) is 9.98 Å². The Balaban J connectivity index is 1.44. The molecule has 6 nitrogen and oxygen atoms in total. The number of benzene rings is 4. The van der Waals surface area contributed by atoms with Gasteiger partial charge in [0.15, 0.2) is 0 Å². The summed E-state index contributed by atoms with van der Waals surface area (Å²) in [6.07, 6.45) is 0. The van der Waals surface area contributed by atoms with E-state index in [1.165, 1.54) is 0 Å². The van der Waals surface area contributed by atoms with Gasteiger partial charge in [0, 0.05) is 11.1 Å². The molecule has 6 N–H and O–H groups in total. The maximum Gasteiger partial charge on any atom is 0.125 e. The van der Waals surface area contributed by atoms with E-state index < -0.39 is 0 Å². The number of aliphatic imine (C=N–C) groups is 2. The van der Waals surface area contributed by atoms with Gasteiger partial charge in [-0.2, -0.15) is 0 Å². The number of aromatic hydroxyl groups is 2. The van der Waals surface area contributed by atoms with Crippen molar-refractivity contribution in [2.75, 3.05) is 13.1 Å². The second kappa shape index (κ2) is 8.13. The van der Waals surface area contributed by atoms with Crippen LogP contribution in [0.3, 0.4) is 0 Å². The van der Waals surface area contributed by atoms with E-state index in [1.807, 2.05) is 48.5 Å². The number of amidine groups is 2. The van der Waals surface area contributed by atoms with Gasteiger partial charge in [-0.25, -0.2) is 0 Å². The molecule has 30 heavy (non-hydrogen) atoms. The van der Waals surface area contributed by atoms with Gasteiger partial charge in [0.2, 0.25) is 0 Å². The molecule has 0 unspecified atom stereocenters. The van der Waals surface area contributed by atoms with Crippen LogP contribution in [0.25, 0.3) is 21.5 Å². The number of nitrogens with zero attached hydrogens (tertiary/aromatic N) is 2. The minimum absolute atomic E-state index is 0.233. The van der Waals surface area contributed by atoms with Gasteiger partial charge in [0.05, 0.1) is 13.1 Å². The van der Waals surface area contributed by atoms with Gasteiger partial charge in [-0.05, 0) is 57.9 Å². The lowest BCUT2D eigenvalue weighted by Gasteiger charge is -2.05. The van der Waals surface area contributed by atoms with Gasteiger partial charge in [-0.1, -0.05) is 36.4 Å². The molecule has 0 fully saturated rings. The Labute approximate surface area is 173 Å². The topological polar surface area (TPSA) is 117 Å². The first-order valence-corrected chi connectivity index (χ1v) is 9.56. The van der Waals surface area contributed by atoms with E-state index in [0.717, 1.165) is 32.7 Å². The van der Waals surface area contributed by atoms with Crippen LogP contribution in [-0.4, -0.2) is 35.0 Å².